The number of benzene rings is 2. The van der Waals surface area contributed by atoms with Gasteiger partial charge in [-0.3, -0.25) is 4.79 Å². The molecule has 0 bridgehead atoms. The molecule has 0 spiro atoms. The zero-order chi connectivity index (χ0) is 15.2. The molecule has 4 N–H and O–H groups in total. The van der Waals surface area contributed by atoms with Crippen molar-refractivity contribution in [3.05, 3.63) is 70.7 Å². The van der Waals surface area contributed by atoms with Crippen LogP contribution < -0.4 is 11.5 Å². The minimum absolute atomic E-state index is 0.158. The predicted molar refractivity (Wildman–Crippen MR) is 85.2 cm³/mol. The van der Waals surface area contributed by atoms with Crippen LogP contribution in [0, 0.1) is 0 Å². The summed E-state index contributed by atoms with van der Waals surface area (Å²) in [6.07, 6.45) is 0.158. The van der Waals surface area contributed by atoms with Crippen molar-refractivity contribution < 1.29 is 4.79 Å². The van der Waals surface area contributed by atoms with E-state index in [4.69, 9.17) is 23.1 Å². The van der Waals surface area contributed by atoms with Crippen LogP contribution in [0.2, 0.25) is 5.02 Å². The number of nitrogens with zero attached hydrogens (tertiary/aromatic N) is 1. The van der Waals surface area contributed by atoms with E-state index in [1.807, 2.05) is 48.5 Å². The Hall–Kier alpha value is -2.33. The van der Waals surface area contributed by atoms with Crippen LogP contribution in [0.4, 0.5) is 0 Å². The van der Waals surface area contributed by atoms with Crippen LogP contribution >= 0.6 is 11.6 Å². The molecule has 2 rings (SSSR count). The van der Waals surface area contributed by atoms with Gasteiger partial charge in [0, 0.05) is 17.4 Å². The number of carbonyl (C=O) groups is 1. The molecule has 0 aromatic heterocycles. The summed E-state index contributed by atoms with van der Waals surface area (Å²) in [7, 11) is 0. The summed E-state index contributed by atoms with van der Waals surface area (Å²) in [5, 5.41) is 0.615. The number of hydrogen-bond acceptors (Lipinski definition) is 1. The van der Waals surface area contributed by atoms with E-state index in [2.05, 4.69) is 4.99 Å². The molecule has 0 radical (unpaired) electrons. The highest BCUT2D eigenvalue weighted by molar-refractivity contribution is 6.31. The number of amides is 1. The first-order valence-corrected chi connectivity index (χ1v) is 6.87. The molecule has 2 aromatic rings. The minimum atomic E-state index is -0.372. The Morgan fingerprint density at radius 2 is 1.67 bits per heavy atom. The van der Waals surface area contributed by atoms with Crippen molar-refractivity contribution in [3.63, 3.8) is 0 Å². The van der Waals surface area contributed by atoms with E-state index in [0.29, 0.717) is 5.02 Å². The maximum Gasteiger partial charge on any atom is 0.249 e. The van der Waals surface area contributed by atoms with Crippen LogP contribution in [-0.2, 0) is 4.79 Å². The molecule has 0 saturated carbocycles. The second-order valence-electron chi connectivity index (χ2n) is 4.62. The minimum Gasteiger partial charge on any atom is -0.370 e. The molecule has 1 unspecified atom stereocenters. The van der Waals surface area contributed by atoms with Gasteiger partial charge in [-0.1, -0.05) is 60.1 Å². The molecule has 0 aliphatic rings. The number of rotatable bonds is 4. The third-order valence-electron chi connectivity index (χ3n) is 3.12. The summed E-state index contributed by atoms with van der Waals surface area (Å²) in [4.78, 5) is 15.5. The van der Waals surface area contributed by atoms with Crippen molar-refractivity contribution in [1.82, 2.24) is 0 Å². The highest BCUT2D eigenvalue weighted by atomic mass is 35.5. The Labute approximate surface area is 128 Å². The molecule has 0 aliphatic carbocycles. The average Bonchev–Trinajstić information content (AvgIpc) is 2.46. The Morgan fingerprint density at radius 1 is 1.05 bits per heavy atom. The molecule has 108 valence electrons. The quantitative estimate of drug-likeness (QED) is 0.673. The summed E-state index contributed by atoms with van der Waals surface area (Å²) in [5.41, 5.74) is 12.4. The molecule has 0 saturated heterocycles. The lowest BCUT2D eigenvalue weighted by Crippen LogP contribution is -2.24. The van der Waals surface area contributed by atoms with Gasteiger partial charge in [-0.25, -0.2) is 0 Å². The SMILES string of the molecule is NC(N)=NC(=O)CC(c1ccccc1)c1ccccc1Cl. The van der Waals surface area contributed by atoms with Gasteiger partial charge in [0.15, 0.2) is 5.96 Å². The lowest BCUT2D eigenvalue weighted by atomic mass is 9.88. The van der Waals surface area contributed by atoms with Gasteiger partial charge < -0.3 is 11.5 Å². The Morgan fingerprint density at radius 3 is 2.29 bits per heavy atom. The van der Waals surface area contributed by atoms with Crippen molar-refractivity contribution >= 4 is 23.5 Å². The normalized spacial score (nSPS) is 11.7. The summed E-state index contributed by atoms with van der Waals surface area (Å²) in [5.74, 6) is -0.787. The number of halogens is 1. The van der Waals surface area contributed by atoms with Gasteiger partial charge in [-0.15, -0.1) is 0 Å². The lowest BCUT2D eigenvalue weighted by molar-refractivity contribution is -0.118. The highest BCUT2D eigenvalue weighted by Gasteiger charge is 2.20. The van der Waals surface area contributed by atoms with Gasteiger partial charge >= 0.3 is 0 Å². The van der Waals surface area contributed by atoms with E-state index in [1.165, 1.54) is 0 Å². The number of hydrogen-bond donors (Lipinski definition) is 2. The van der Waals surface area contributed by atoms with E-state index in [-0.39, 0.29) is 24.2 Å². The monoisotopic (exact) mass is 301 g/mol. The van der Waals surface area contributed by atoms with E-state index in [0.717, 1.165) is 11.1 Å². The molecule has 0 heterocycles. The van der Waals surface area contributed by atoms with Gasteiger partial charge in [0.2, 0.25) is 5.91 Å². The molecule has 1 amide bonds. The van der Waals surface area contributed by atoms with Crippen LogP contribution in [0.15, 0.2) is 59.6 Å². The predicted octanol–water partition coefficient (Wildman–Crippen LogP) is 2.66. The van der Waals surface area contributed by atoms with Gasteiger partial charge in [0.05, 0.1) is 0 Å². The first-order chi connectivity index (χ1) is 10.1. The first-order valence-electron chi connectivity index (χ1n) is 6.49. The Balaban J connectivity index is 2.39. The molecule has 21 heavy (non-hydrogen) atoms. The number of carbonyl (C=O) groups excluding carboxylic acids is 1. The van der Waals surface area contributed by atoms with Crippen molar-refractivity contribution in [3.8, 4) is 0 Å². The molecule has 5 heteroatoms. The smallest absolute Gasteiger partial charge is 0.249 e. The second-order valence-corrected chi connectivity index (χ2v) is 5.03. The maximum absolute atomic E-state index is 11.9. The molecule has 4 nitrogen and oxygen atoms in total. The molecule has 0 aliphatic heterocycles. The highest BCUT2D eigenvalue weighted by Crippen LogP contribution is 2.33. The number of nitrogens with two attached hydrogens (primary N) is 2. The van der Waals surface area contributed by atoms with Crippen molar-refractivity contribution in [1.29, 1.82) is 0 Å². The third kappa shape index (κ3) is 4.07. The maximum atomic E-state index is 11.9. The fraction of sp³-hybridized carbons (Fsp3) is 0.125. The third-order valence-corrected chi connectivity index (χ3v) is 3.46. The zero-order valence-corrected chi connectivity index (χ0v) is 12.1. The average molecular weight is 302 g/mol. The topological polar surface area (TPSA) is 81.5 Å². The summed E-state index contributed by atoms with van der Waals surface area (Å²) in [6, 6.07) is 17.1. The van der Waals surface area contributed by atoms with Crippen LogP contribution in [0.3, 0.4) is 0 Å². The van der Waals surface area contributed by atoms with E-state index in [1.54, 1.807) is 6.07 Å². The van der Waals surface area contributed by atoms with E-state index >= 15 is 0 Å². The Kier molecular flexibility index (Phi) is 4.95. The van der Waals surface area contributed by atoms with Gasteiger partial charge in [0.1, 0.15) is 0 Å². The van der Waals surface area contributed by atoms with Crippen LogP contribution in [0.1, 0.15) is 23.5 Å². The molecule has 2 aromatic carbocycles. The number of guanidine groups is 1. The van der Waals surface area contributed by atoms with Gasteiger partial charge in [0.25, 0.3) is 0 Å². The van der Waals surface area contributed by atoms with Gasteiger partial charge in [-0.05, 0) is 17.2 Å². The molecule has 0 fully saturated rings. The summed E-state index contributed by atoms with van der Waals surface area (Å²) < 4.78 is 0. The Bertz CT molecular complexity index is 652. The second kappa shape index (κ2) is 6.90. The first kappa shape index (κ1) is 15.1. The standard InChI is InChI=1S/C16H16ClN3O/c17-14-9-5-4-8-12(14)13(10-15(21)20-16(18)19)11-6-2-1-3-7-11/h1-9,13H,10H2,(H4,18,19,20,21). The van der Waals surface area contributed by atoms with Crippen molar-refractivity contribution in [2.45, 2.75) is 12.3 Å². The summed E-state index contributed by atoms with van der Waals surface area (Å²) in [6.45, 7) is 0. The van der Waals surface area contributed by atoms with E-state index < -0.39 is 0 Å². The molecular formula is C16H16ClN3O. The van der Waals surface area contributed by atoms with Crippen molar-refractivity contribution in [2.75, 3.05) is 0 Å². The number of aliphatic imine (C=N–C) groups is 1. The van der Waals surface area contributed by atoms with Crippen LogP contribution in [-0.4, -0.2) is 11.9 Å². The van der Waals surface area contributed by atoms with E-state index in [9.17, 15) is 4.79 Å². The largest absolute Gasteiger partial charge is 0.370 e. The zero-order valence-electron chi connectivity index (χ0n) is 11.4. The fourth-order valence-corrected chi connectivity index (χ4v) is 2.48. The fourth-order valence-electron chi connectivity index (χ4n) is 2.21. The molecule has 1 atom stereocenters. The summed E-state index contributed by atoms with van der Waals surface area (Å²) >= 11 is 6.26. The lowest BCUT2D eigenvalue weighted by Gasteiger charge is -2.17. The van der Waals surface area contributed by atoms with Gasteiger partial charge in [-0.2, -0.15) is 4.99 Å². The van der Waals surface area contributed by atoms with Crippen LogP contribution in [0.25, 0.3) is 0 Å². The molecular weight excluding hydrogens is 286 g/mol. The van der Waals surface area contributed by atoms with Crippen LogP contribution in [0.5, 0.6) is 0 Å². The van der Waals surface area contributed by atoms with Crippen molar-refractivity contribution in [2.24, 2.45) is 16.5 Å².